The Hall–Kier alpha value is -1.06. The first kappa shape index (κ1) is 15.0. The third-order valence-corrected chi connectivity index (χ3v) is 2.67. The van der Waals surface area contributed by atoms with Gasteiger partial charge in [0.2, 0.25) is 0 Å². The largest absolute Gasteiger partial charge is 0.459 e. The first-order valence-electron chi connectivity index (χ1n) is 6.00. The molecule has 0 aliphatic heterocycles. The molecule has 4 heteroatoms. The Morgan fingerprint density at radius 1 is 1.39 bits per heavy atom. The van der Waals surface area contributed by atoms with Gasteiger partial charge in [0.05, 0.1) is 6.42 Å². The van der Waals surface area contributed by atoms with Crippen LogP contribution in [0.25, 0.3) is 0 Å². The lowest BCUT2D eigenvalue weighted by Gasteiger charge is -2.25. The smallest absolute Gasteiger partial charge is 0.307 e. The lowest BCUT2D eigenvalue weighted by molar-refractivity contribution is -0.156. The fourth-order valence-corrected chi connectivity index (χ4v) is 1.87. The van der Waals surface area contributed by atoms with E-state index in [1.807, 2.05) is 38.1 Å². The van der Waals surface area contributed by atoms with E-state index in [1.165, 1.54) is 0 Å². The number of rotatable bonds is 5. The van der Waals surface area contributed by atoms with Gasteiger partial charge in [-0.15, -0.1) is 0 Å². The Bertz CT molecular complexity index is 399. The molecule has 0 spiro atoms. The molecule has 0 saturated carbocycles. The summed E-state index contributed by atoms with van der Waals surface area (Å²) in [6.45, 7) is 5.56. The molecule has 0 unspecified atom stereocenters. The van der Waals surface area contributed by atoms with Gasteiger partial charge in [-0.25, -0.2) is 0 Å². The summed E-state index contributed by atoms with van der Waals surface area (Å²) >= 11 is 5.83. The Balaban J connectivity index is 2.58. The van der Waals surface area contributed by atoms with Crippen LogP contribution in [0.2, 0.25) is 5.02 Å². The van der Waals surface area contributed by atoms with Gasteiger partial charge in [-0.2, -0.15) is 0 Å². The first-order valence-corrected chi connectivity index (χ1v) is 6.38. The zero-order valence-electron chi connectivity index (χ0n) is 11.1. The van der Waals surface area contributed by atoms with Crippen molar-refractivity contribution >= 4 is 17.6 Å². The Morgan fingerprint density at radius 2 is 1.94 bits per heavy atom. The lowest BCUT2D eigenvalue weighted by Crippen LogP contribution is -2.33. The van der Waals surface area contributed by atoms with Crippen LogP contribution in [0.3, 0.4) is 0 Å². The molecule has 0 amide bonds. The highest BCUT2D eigenvalue weighted by Gasteiger charge is 2.23. The summed E-state index contributed by atoms with van der Waals surface area (Å²) in [7, 11) is 0. The van der Waals surface area contributed by atoms with Gasteiger partial charge in [0.25, 0.3) is 0 Å². The number of nitrogens with two attached hydrogens (primary N) is 1. The second-order valence-electron chi connectivity index (χ2n) is 5.22. The molecule has 0 bridgehead atoms. The molecule has 1 rings (SSSR count). The average Bonchev–Trinajstić information content (AvgIpc) is 2.18. The van der Waals surface area contributed by atoms with Crippen molar-refractivity contribution in [2.45, 2.75) is 45.3 Å². The van der Waals surface area contributed by atoms with Gasteiger partial charge < -0.3 is 10.5 Å². The van der Waals surface area contributed by atoms with E-state index in [0.29, 0.717) is 11.4 Å². The number of ether oxygens (including phenoxy) is 1. The van der Waals surface area contributed by atoms with Crippen molar-refractivity contribution < 1.29 is 9.53 Å². The molecule has 0 aliphatic carbocycles. The minimum Gasteiger partial charge on any atom is -0.459 e. The van der Waals surface area contributed by atoms with Crippen molar-refractivity contribution in [2.75, 3.05) is 0 Å². The number of hydrogen-bond donors (Lipinski definition) is 1. The number of halogens is 1. The third-order valence-electron chi connectivity index (χ3n) is 2.42. The standard InChI is InChI=1S/C14H20ClNO2/c1-10(16)8-13(17)18-14(2,3)9-11-4-6-12(15)7-5-11/h4-7,10H,8-9,16H2,1-3H3/t10-/m0/s1. The predicted molar refractivity (Wildman–Crippen MR) is 73.6 cm³/mol. The molecule has 1 atom stereocenters. The van der Waals surface area contributed by atoms with Crippen molar-refractivity contribution in [1.82, 2.24) is 0 Å². The van der Waals surface area contributed by atoms with E-state index in [0.717, 1.165) is 5.56 Å². The van der Waals surface area contributed by atoms with Crippen molar-refractivity contribution in [3.63, 3.8) is 0 Å². The second-order valence-corrected chi connectivity index (χ2v) is 5.65. The van der Waals surface area contributed by atoms with E-state index in [9.17, 15) is 4.79 Å². The quantitative estimate of drug-likeness (QED) is 0.836. The maximum absolute atomic E-state index is 11.6. The highest BCUT2D eigenvalue weighted by atomic mass is 35.5. The molecule has 0 heterocycles. The molecule has 1 aromatic carbocycles. The van der Waals surface area contributed by atoms with Gasteiger partial charge in [0.1, 0.15) is 5.60 Å². The summed E-state index contributed by atoms with van der Waals surface area (Å²) in [5.41, 5.74) is 6.11. The summed E-state index contributed by atoms with van der Waals surface area (Å²) < 4.78 is 5.43. The zero-order chi connectivity index (χ0) is 13.8. The van der Waals surface area contributed by atoms with Crippen LogP contribution in [0.1, 0.15) is 32.8 Å². The normalized spacial score (nSPS) is 13.2. The number of carbonyl (C=O) groups excluding carboxylic acids is 1. The number of benzene rings is 1. The van der Waals surface area contributed by atoms with Gasteiger partial charge in [0.15, 0.2) is 0 Å². The van der Waals surface area contributed by atoms with E-state index >= 15 is 0 Å². The highest BCUT2D eigenvalue weighted by Crippen LogP contribution is 2.19. The summed E-state index contributed by atoms with van der Waals surface area (Å²) in [6.07, 6.45) is 0.888. The van der Waals surface area contributed by atoms with Crippen LogP contribution in [0.15, 0.2) is 24.3 Å². The Labute approximate surface area is 113 Å². The van der Waals surface area contributed by atoms with Crippen molar-refractivity contribution in [2.24, 2.45) is 5.73 Å². The van der Waals surface area contributed by atoms with Crippen molar-refractivity contribution in [1.29, 1.82) is 0 Å². The first-order chi connectivity index (χ1) is 8.28. The molecule has 3 nitrogen and oxygen atoms in total. The van der Waals surface area contributed by atoms with Crippen molar-refractivity contribution in [3.8, 4) is 0 Å². The van der Waals surface area contributed by atoms with Gasteiger partial charge in [-0.05, 0) is 38.5 Å². The van der Waals surface area contributed by atoms with Gasteiger partial charge in [0, 0.05) is 17.5 Å². The topological polar surface area (TPSA) is 52.3 Å². The maximum atomic E-state index is 11.6. The van der Waals surface area contributed by atoms with Crippen LogP contribution < -0.4 is 5.73 Å². The van der Waals surface area contributed by atoms with Crippen LogP contribution >= 0.6 is 11.6 Å². The SMILES string of the molecule is C[C@H](N)CC(=O)OC(C)(C)Cc1ccc(Cl)cc1. The van der Waals surface area contributed by atoms with Crippen molar-refractivity contribution in [3.05, 3.63) is 34.9 Å². The Morgan fingerprint density at radius 3 is 2.44 bits per heavy atom. The zero-order valence-corrected chi connectivity index (χ0v) is 11.8. The van der Waals surface area contributed by atoms with E-state index in [4.69, 9.17) is 22.1 Å². The fraction of sp³-hybridized carbons (Fsp3) is 0.500. The average molecular weight is 270 g/mol. The van der Waals surface area contributed by atoms with Gasteiger partial charge in [-0.3, -0.25) is 4.79 Å². The second kappa shape index (κ2) is 6.21. The minimum atomic E-state index is -0.542. The van der Waals surface area contributed by atoms with Crippen LogP contribution in [0, 0.1) is 0 Å². The number of carbonyl (C=O) groups is 1. The van der Waals surface area contributed by atoms with Gasteiger partial charge >= 0.3 is 5.97 Å². The lowest BCUT2D eigenvalue weighted by atomic mass is 9.98. The highest BCUT2D eigenvalue weighted by molar-refractivity contribution is 6.30. The molecule has 1 aromatic rings. The molecular weight excluding hydrogens is 250 g/mol. The van der Waals surface area contributed by atoms with E-state index < -0.39 is 5.60 Å². The molecule has 0 aliphatic rings. The molecule has 100 valence electrons. The van der Waals surface area contributed by atoms with Gasteiger partial charge in [-0.1, -0.05) is 23.7 Å². The van der Waals surface area contributed by atoms with Crippen LogP contribution in [0.4, 0.5) is 0 Å². The summed E-state index contributed by atoms with van der Waals surface area (Å²) in [5.74, 6) is -0.260. The monoisotopic (exact) mass is 269 g/mol. The van der Waals surface area contributed by atoms with Crippen LogP contribution in [-0.2, 0) is 16.0 Å². The molecule has 0 fully saturated rings. The number of esters is 1. The molecule has 2 N–H and O–H groups in total. The molecule has 18 heavy (non-hydrogen) atoms. The Kier molecular flexibility index (Phi) is 5.17. The summed E-state index contributed by atoms with van der Waals surface area (Å²) in [5, 5.41) is 0.700. The molecule has 0 aromatic heterocycles. The molecular formula is C14H20ClNO2. The predicted octanol–water partition coefficient (Wildman–Crippen LogP) is 2.94. The maximum Gasteiger partial charge on any atom is 0.307 e. The van der Waals surface area contributed by atoms with E-state index in [1.54, 1.807) is 6.92 Å². The van der Waals surface area contributed by atoms with Crippen LogP contribution in [0.5, 0.6) is 0 Å². The molecule has 0 saturated heterocycles. The van der Waals surface area contributed by atoms with Crippen LogP contribution in [-0.4, -0.2) is 17.6 Å². The fourth-order valence-electron chi connectivity index (χ4n) is 1.74. The third kappa shape index (κ3) is 5.52. The number of hydrogen-bond acceptors (Lipinski definition) is 3. The summed E-state index contributed by atoms with van der Waals surface area (Å²) in [4.78, 5) is 11.6. The summed E-state index contributed by atoms with van der Waals surface area (Å²) in [6, 6.07) is 7.35. The van der Waals surface area contributed by atoms with E-state index in [-0.39, 0.29) is 18.4 Å². The van der Waals surface area contributed by atoms with E-state index in [2.05, 4.69) is 0 Å². The molecule has 0 radical (unpaired) electrons. The minimum absolute atomic E-state index is 0.177.